The van der Waals surface area contributed by atoms with Gasteiger partial charge in [0.15, 0.2) is 0 Å². The van der Waals surface area contributed by atoms with Crippen LogP contribution in [0.2, 0.25) is 0 Å². The van der Waals surface area contributed by atoms with Crippen LogP contribution in [0.1, 0.15) is 23.8 Å². The summed E-state index contributed by atoms with van der Waals surface area (Å²) in [6, 6.07) is 9.74. The average molecular weight is 372 g/mol. The van der Waals surface area contributed by atoms with Crippen LogP contribution in [0.3, 0.4) is 0 Å². The Kier molecular flexibility index (Phi) is 4.94. The molecule has 3 heterocycles. The molecule has 6 nitrogen and oxygen atoms in total. The minimum atomic E-state index is -0.348. The Bertz CT molecular complexity index is 806. The Morgan fingerprint density at radius 1 is 1.19 bits per heavy atom. The number of hydrogen-bond donors (Lipinski definition) is 0. The Morgan fingerprint density at radius 2 is 2.00 bits per heavy atom. The van der Waals surface area contributed by atoms with E-state index < -0.39 is 0 Å². The molecule has 1 aromatic carbocycles. The Labute approximate surface area is 156 Å². The van der Waals surface area contributed by atoms with Gasteiger partial charge in [0, 0.05) is 19.5 Å². The molecular formula is C20H21FN2O4. The lowest BCUT2D eigenvalue weighted by atomic mass is 10.0. The predicted molar refractivity (Wildman–Crippen MR) is 93.9 cm³/mol. The van der Waals surface area contributed by atoms with Gasteiger partial charge in [-0.3, -0.25) is 9.59 Å². The molecule has 27 heavy (non-hydrogen) atoms. The number of likely N-dealkylation sites (tertiary alicyclic amines) is 1. The Morgan fingerprint density at radius 3 is 2.74 bits per heavy atom. The zero-order valence-electron chi connectivity index (χ0n) is 14.8. The first-order valence-electron chi connectivity index (χ1n) is 9.06. The van der Waals surface area contributed by atoms with Crippen LogP contribution in [-0.2, 0) is 20.9 Å². The highest BCUT2D eigenvalue weighted by Crippen LogP contribution is 2.27. The van der Waals surface area contributed by atoms with Crippen LogP contribution >= 0.6 is 0 Å². The van der Waals surface area contributed by atoms with Gasteiger partial charge in [0.05, 0.1) is 31.9 Å². The second kappa shape index (κ2) is 7.52. The van der Waals surface area contributed by atoms with Gasteiger partial charge in [0.2, 0.25) is 11.8 Å². The summed E-state index contributed by atoms with van der Waals surface area (Å²) in [5.41, 5.74) is 0.843. The second-order valence-corrected chi connectivity index (χ2v) is 6.95. The number of hydrogen-bond acceptors (Lipinski definition) is 4. The maximum atomic E-state index is 13.1. The van der Waals surface area contributed by atoms with Crippen LogP contribution in [0.4, 0.5) is 4.39 Å². The van der Waals surface area contributed by atoms with E-state index in [0.717, 1.165) is 5.56 Å². The number of carbonyl (C=O) groups excluding carboxylic acids is 2. The first-order chi connectivity index (χ1) is 13.1. The number of morpholine rings is 1. The van der Waals surface area contributed by atoms with E-state index in [1.165, 1.54) is 12.1 Å². The molecule has 1 aromatic heterocycles. The molecule has 2 aliphatic rings. The number of nitrogens with zero attached hydrogens (tertiary/aromatic N) is 2. The highest BCUT2D eigenvalue weighted by Gasteiger charge is 2.38. The molecule has 2 unspecified atom stereocenters. The normalized spacial score (nSPS) is 23.1. The van der Waals surface area contributed by atoms with Crippen molar-refractivity contribution in [3.05, 3.63) is 59.8 Å². The average Bonchev–Trinajstić information content (AvgIpc) is 3.32. The van der Waals surface area contributed by atoms with Gasteiger partial charge in [-0.05, 0) is 29.8 Å². The topological polar surface area (TPSA) is 63.0 Å². The van der Waals surface area contributed by atoms with Gasteiger partial charge >= 0.3 is 0 Å². The molecular weight excluding hydrogens is 351 g/mol. The molecule has 2 amide bonds. The number of furan rings is 1. The zero-order chi connectivity index (χ0) is 18.8. The van der Waals surface area contributed by atoms with Crippen molar-refractivity contribution in [3.63, 3.8) is 0 Å². The fourth-order valence-corrected chi connectivity index (χ4v) is 3.67. The highest BCUT2D eigenvalue weighted by atomic mass is 19.1. The number of amides is 2. The summed E-state index contributed by atoms with van der Waals surface area (Å²) < 4.78 is 24.2. The maximum absolute atomic E-state index is 13.1. The number of ether oxygens (including phenoxy) is 1. The quantitative estimate of drug-likeness (QED) is 0.827. The van der Waals surface area contributed by atoms with Gasteiger partial charge in [-0.15, -0.1) is 0 Å². The monoisotopic (exact) mass is 372 g/mol. The van der Waals surface area contributed by atoms with Crippen molar-refractivity contribution in [3.8, 4) is 0 Å². The van der Waals surface area contributed by atoms with Gasteiger partial charge in [0.1, 0.15) is 17.7 Å². The third-order valence-electron chi connectivity index (χ3n) is 5.11. The Hall–Kier alpha value is -2.67. The van der Waals surface area contributed by atoms with Crippen molar-refractivity contribution in [1.82, 2.24) is 9.80 Å². The molecule has 2 fully saturated rings. The van der Waals surface area contributed by atoms with Crippen molar-refractivity contribution >= 4 is 11.8 Å². The summed E-state index contributed by atoms with van der Waals surface area (Å²) in [5.74, 6) is -0.00367. The smallest absolute Gasteiger partial charge is 0.228 e. The van der Waals surface area contributed by atoms with E-state index in [1.54, 1.807) is 34.3 Å². The molecule has 7 heteroatoms. The molecule has 0 radical (unpaired) electrons. The number of benzene rings is 1. The summed E-state index contributed by atoms with van der Waals surface area (Å²) in [6.45, 7) is 2.12. The van der Waals surface area contributed by atoms with Crippen LogP contribution in [0.5, 0.6) is 0 Å². The van der Waals surface area contributed by atoms with E-state index in [4.69, 9.17) is 9.15 Å². The zero-order valence-corrected chi connectivity index (χ0v) is 14.8. The largest absolute Gasteiger partial charge is 0.467 e. The minimum Gasteiger partial charge on any atom is -0.467 e. The van der Waals surface area contributed by atoms with Crippen molar-refractivity contribution in [2.24, 2.45) is 5.92 Å². The first kappa shape index (κ1) is 17.7. The van der Waals surface area contributed by atoms with E-state index >= 15 is 0 Å². The SMILES string of the molecule is O=C1CC(C(=O)N2CCOC(c3ccc(F)cc3)C2)CN1Cc1ccco1. The van der Waals surface area contributed by atoms with Gasteiger partial charge in [0.25, 0.3) is 0 Å². The van der Waals surface area contributed by atoms with E-state index in [9.17, 15) is 14.0 Å². The van der Waals surface area contributed by atoms with E-state index in [1.807, 2.05) is 6.07 Å². The standard InChI is InChI=1S/C20H21FN2O4/c21-16-5-3-14(4-6-16)18-13-22(7-9-27-18)20(25)15-10-19(24)23(11-15)12-17-2-1-8-26-17/h1-6,8,15,18H,7,9-13H2. The third-order valence-corrected chi connectivity index (χ3v) is 5.11. The van der Waals surface area contributed by atoms with Gasteiger partial charge in [-0.1, -0.05) is 12.1 Å². The van der Waals surface area contributed by atoms with Crippen molar-refractivity contribution in [2.45, 2.75) is 19.1 Å². The molecule has 0 aliphatic carbocycles. The van der Waals surface area contributed by atoms with Crippen LogP contribution in [0, 0.1) is 11.7 Å². The summed E-state index contributed by atoms with van der Waals surface area (Å²) in [5, 5.41) is 0. The lowest BCUT2D eigenvalue weighted by molar-refractivity contribution is -0.143. The molecule has 0 N–H and O–H groups in total. The molecule has 142 valence electrons. The number of carbonyl (C=O) groups is 2. The van der Waals surface area contributed by atoms with E-state index in [-0.39, 0.29) is 36.1 Å². The summed E-state index contributed by atoms with van der Waals surface area (Å²) >= 11 is 0. The molecule has 4 rings (SSSR count). The van der Waals surface area contributed by atoms with E-state index in [2.05, 4.69) is 0 Å². The van der Waals surface area contributed by atoms with Gasteiger partial charge < -0.3 is 19.0 Å². The van der Waals surface area contributed by atoms with Crippen LogP contribution in [0.15, 0.2) is 47.1 Å². The fraction of sp³-hybridized carbons (Fsp3) is 0.400. The van der Waals surface area contributed by atoms with Crippen molar-refractivity contribution in [2.75, 3.05) is 26.2 Å². The third kappa shape index (κ3) is 3.88. The van der Waals surface area contributed by atoms with Gasteiger partial charge in [-0.25, -0.2) is 4.39 Å². The van der Waals surface area contributed by atoms with Crippen molar-refractivity contribution in [1.29, 1.82) is 0 Å². The minimum absolute atomic E-state index is 0.0271. The summed E-state index contributed by atoms with van der Waals surface area (Å²) in [4.78, 5) is 28.6. The van der Waals surface area contributed by atoms with E-state index in [0.29, 0.717) is 38.5 Å². The summed E-state index contributed by atoms with van der Waals surface area (Å²) in [7, 11) is 0. The second-order valence-electron chi connectivity index (χ2n) is 6.95. The molecule has 2 saturated heterocycles. The molecule has 2 aliphatic heterocycles. The molecule has 2 atom stereocenters. The van der Waals surface area contributed by atoms with Crippen LogP contribution in [-0.4, -0.2) is 47.9 Å². The fourth-order valence-electron chi connectivity index (χ4n) is 3.67. The summed E-state index contributed by atoms with van der Waals surface area (Å²) in [6.07, 6.45) is 1.51. The lowest BCUT2D eigenvalue weighted by Crippen LogP contribution is -2.45. The number of rotatable bonds is 4. The molecule has 0 spiro atoms. The predicted octanol–water partition coefficient (Wildman–Crippen LogP) is 2.37. The lowest BCUT2D eigenvalue weighted by Gasteiger charge is -2.34. The molecule has 0 saturated carbocycles. The van der Waals surface area contributed by atoms with Crippen LogP contribution in [0.25, 0.3) is 0 Å². The molecule has 0 bridgehead atoms. The first-order valence-corrected chi connectivity index (χ1v) is 9.06. The maximum Gasteiger partial charge on any atom is 0.228 e. The Balaban J connectivity index is 1.38. The number of halogens is 1. The highest BCUT2D eigenvalue weighted by molar-refractivity contribution is 5.89. The van der Waals surface area contributed by atoms with Crippen LogP contribution < -0.4 is 0 Å². The molecule has 2 aromatic rings. The van der Waals surface area contributed by atoms with Gasteiger partial charge in [-0.2, -0.15) is 0 Å². The van der Waals surface area contributed by atoms with Crippen molar-refractivity contribution < 1.29 is 23.1 Å².